The molecule has 0 amide bonds. The van der Waals surface area contributed by atoms with Gasteiger partial charge in [0, 0.05) is 6.54 Å². The van der Waals surface area contributed by atoms with Gasteiger partial charge in [-0.1, -0.05) is 18.2 Å². The van der Waals surface area contributed by atoms with Gasteiger partial charge in [0.15, 0.2) is 0 Å². The van der Waals surface area contributed by atoms with Crippen molar-refractivity contribution in [2.24, 2.45) is 0 Å². The van der Waals surface area contributed by atoms with Crippen molar-refractivity contribution in [1.82, 2.24) is 0 Å². The predicted octanol–water partition coefficient (Wildman–Crippen LogP) is 2.89. The van der Waals surface area contributed by atoms with E-state index in [-0.39, 0.29) is 4.90 Å². The minimum Gasteiger partial charge on any atom is -0.266 e. The molecule has 2 aromatic rings. The number of nitrogens with zero attached hydrogens (tertiary/aromatic N) is 1. The van der Waals surface area contributed by atoms with Crippen LogP contribution in [0.1, 0.15) is 11.1 Å². The summed E-state index contributed by atoms with van der Waals surface area (Å²) in [6.07, 6.45) is 0.704. The number of sulfonamides is 1. The number of hydrogen-bond donors (Lipinski definition) is 0. The fourth-order valence-corrected chi connectivity index (χ4v) is 4.05. The maximum Gasteiger partial charge on any atom is 0.264 e. The van der Waals surface area contributed by atoms with E-state index in [4.69, 9.17) is 0 Å². The van der Waals surface area contributed by atoms with Crippen LogP contribution in [0.3, 0.4) is 0 Å². The highest BCUT2D eigenvalue weighted by Crippen LogP contribution is 2.32. The second kappa shape index (κ2) is 4.59. The second-order valence-corrected chi connectivity index (χ2v) is 6.73. The Bertz CT molecular complexity index is 771. The van der Waals surface area contributed by atoms with E-state index in [0.717, 1.165) is 11.3 Å². The monoisotopic (exact) mass is 291 g/mol. The van der Waals surface area contributed by atoms with E-state index < -0.39 is 15.8 Å². The van der Waals surface area contributed by atoms with Gasteiger partial charge in [-0.3, -0.25) is 4.31 Å². The van der Waals surface area contributed by atoms with E-state index in [1.54, 1.807) is 13.0 Å². The third-order valence-corrected chi connectivity index (χ3v) is 5.37. The van der Waals surface area contributed by atoms with Crippen molar-refractivity contribution in [3.63, 3.8) is 0 Å². The topological polar surface area (TPSA) is 37.4 Å². The summed E-state index contributed by atoms with van der Waals surface area (Å²) >= 11 is 0. The summed E-state index contributed by atoms with van der Waals surface area (Å²) in [5, 5.41) is 0. The summed E-state index contributed by atoms with van der Waals surface area (Å²) in [6.45, 7) is 1.99. The smallest absolute Gasteiger partial charge is 0.264 e. The molecule has 3 nitrogen and oxygen atoms in total. The molecule has 0 radical (unpaired) electrons. The van der Waals surface area contributed by atoms with Crippen LogP contribution in [0.5, 0.6) is 0 Å². The molecular weight excluding hydrogens is 277 g/mol. The van der Waals surface area contributed by atoms with E-state index in [9.17, 15) is 12.8 Å². The van der Waals surface area contributed by atoms with Crippen molar-refractivity contribution in [2.45, 2.75) is 18.2 Å². The number of para-hydroxylation sites is 1. The van der Waals surface area contributed by atoms with Crippen LogP contribution in [-0.4, -0.2) is 15.0 Å². The largest absolute Gasteiger partial charge is 0.266 e. The van der Waals surface area contributed by atoms with Gasteiger partial charge in [-0.2, -0.15) is 0 Å². The van der Waals surface area contributed by atoms with Gasteiger partial charge < -0.3 is 0 Å². The second-order valence-electron chi connectivity index (χ2n) is 4.87. The molecule has 2 aromatic carbocycles. The predicted molar refractivity (Wildman–Crippen MR) is 75.8 cm³/mol. The molecule has 104 valence electrons. The van der Waals surface area contributed by atoms with Gasteiger partial charge >= 0.3 is 0 Å². The Morgan fingerprint density at radius 1 is 1.15 bits per heavy atom. The number of halogens is 1. The van der Waals surface area contributed by atoms with Gasteiger partial charge in [-0.15, -0.1) is 0 Å². The number of benzene rings is 2. The molecule has 0 aliphatic carbocycles. The molecule has 20 heavy (non-hydrogen) atoms. The van der Waals surface area contributed by atoms with Gasteiger partial charge in [0.25, 0.3) is 10.0 Å². The first-order valence-corrected chi connectivity index (χ1v) is 7.81. The summed E-state index contributed by atoms with van der Waals surface area (Å²) in [4.78, 5) is 0.133. The van der Waals surface area contributed by atoms with Crippen molar-refractivity contribution in [2.75, 3.05) is 10.8 Å². The molecule has 0 unspecified atom stereocenters. The minimum absolute atomic E-state index is 0.133. The number of aryl methyl sites for hydroxylation is 1. The van der Waals surface area contributed by atoms with E-state index in [1.807, 2.05) is 18.2 Å². The number of anilines is 1. The first-order valence-electron chi connectivity index (χ1n) is 6.37. The lowest BCUT2D eigenvalue weighted by atomic mass is 10.2. The van der Waals surface area contributed by atoms with Gasteiger partial charge in [0.1, 0.15) is 5.82 Å². The molecule has 1 aliphatic rings. The zero-order valence-electron chi connectivity index (χ0n) is 11.0. The zero-order valence-corrected chi connectivity index (χ0v) is 11.8. The number of fused-ring (bicyclic) bond motifs is 1. The Morgan fingerprint density at radius 3 is 2.65 bits per heavy atom. The van der Waals surface area contributed by atoms with Crippen molar-refractivity contribution < 1.29 is 12.8 Å². The highest BCUT2D eigenvalue weighted by atomic mass is 32.2. The SMILES string of the molecule is Cc1cc(S(=O)(=O)N2CCc3ccccc32)ccc1F. The molecule has 0 N–H and O–H groups in total. The van der Waals surface area contributed by atoms with Crippen LogP contribution in [0.15, 0.2) is 47.4 Å². The fourth-order valence-electron chi connectivity index (χ4n) is 2.46. The summed E-state index contributed by atoms with van der Waals surface area (Å²) in [7, 11) is -3.62. The molecule has 0 saturated heterocycles. The standard InChI is InChI=1S/C15H14FNO2S/c1-11-10-13(6-7-14(11)16)20(18,19)17-9-8-12-4-2-3-5-15(12)17/h2-7,10H,8-9H2,1H3. The van der Waals surface area contributed by atoms with Crippen LogP contribution >= 0.6 is 0 Å². The Labute approximate surface area is 117 Å². The summed E-state index contributed by atoms with van der Waals surface area (Å²) in [6, 6.07) is 11.4. The molecule has 1 heterocycles. The van der Waals surface area contributed by atoms with Crippen LogP contribution in [0.2, 0.25) is 0 Å². The van der Waals surface area contributed by atoms with E-state index in [0.29, 0.717) is 18.5 Å². The number of rotatable bonds is 2. The van der Waals surface area contributed by atoms with Crippen molar-refractivity contribution in [3.05, 3.63) is 59.4 Å². The Kier molecular flexibility index (Phi) is 3.01. The van der Waals surface area contributed by atoms with Crippen LogP contribution in [0.4, 0.5) is 10.1 Å². The molecule has 5 heteroatoms. The van der Waals surface area contributed by atoms with Crippen LogP contribution < -0.4 is 4.31 Å². The molecule has 0 aromatic heterocycles. The van der Waals surface area contributed by atoms with Gasteiger partial charge in [-0.25, -0.2) is 12.8 Å². The lowest BCUT2D eigenvalue weighted by molar-refractivity contribution is 0.590. The molecule has 0 spiro atoms. The van der Waals surface area contributed by atoms with Gasteiger partial charge in [-0.05, 0) is 48.7 Å². The van der Waals surface area contributed by atoms with Crippen molar-refractivity contribution >= 4 is 15.7 Å². The highest BCUT2D eigenvalue weighted by molar-refractivity contribution is 7.92. The van der Waals surface area contributed by atoms with E-state index in [2.05, 4.69) is 0 Å². The Balaban J connectivity index is 2.07. The summed E-state index contributed by atoms with van der Waals surface area (Å²) < 4.78 is 40.0. The van der Waals surface area contributed by atoms with Crippen molar-refractivity contribution in [1.29, 1.82) is 0 Å². The first kappa shape index (κ1) is 13.1. The van der Waals surface area contributed by atoms with Crippen LogP contribution in [0, 0.1) is 12.7 Å². The maximum atomic E-state index is 13.3. The average molecular weight is 291 g/mol. The zero-order chi connectivity index (χ0) is 14.3. The summed E-state index contributed by atoms with van der Waals surface area (Å²) in [5.74, 6) is -0.397. The third-order valence-electron chi connectivity index (χ3n) is 3.56. The fraction of sp³-hybridized carbons (Fsp3) is 0.200. The lowest BCUT2D eigenvalue weighted by Gasteiger charge is -2.19. The van der Waals surface area contributed by atoms with Gasteiger partial charge in [0.2, 0.25) is 0 Å². The Hall–Kier alpha value is -1.88. The van der Waals surface area contributed by atoms with Crippen LogP contribution in [0.25, 0.3) is 0 Å². The number of hydrogen-bond acceptors (Lipinski definition) is 2. The summed E-state index contributed by atoms with van der Waals surface area (Å²) in [5.41, 5.74) is 2.07. The van der Waals surface area contributed by atoms with Crippen molar-refractivity contribution in [3.8, 4) is 0 Å². The molecule has 0 saturated carbocycles. The average Bonchev–Trinajstić information content (AvgIpc) is 2.86. The normalized spacial score (nSPS) is 14.4. The van der Waals surface area contributed by atoms with E-state index >= 15 is 0 Å². The molecule has 0 fully saturated rings. The van der Waals surface area contributed by atoms with Gasteiger partial charge in [0.05, 0.1) is 10.6 Å². The van der Waals surface area contributed by atoms with Crippen LogP contribution in [-0.2, 0) is 16.4 Å². The quantitative estimate of drug-likeness (QED) is 0.853. The highest BCUT2D eigenvalue weighted by Gasteiger charge is 2.30. The molecule has 3 rings (SSSR count). The lowest BCUT2D eigenvalue weighted by Crippen LogP contribution is -2.29. The first-order chi connectivity index (χ1) is 9.50. The van der Waals surface area contributed by atoms with E-state index in [1.165, 1.54) is 22.5 Å². The molecule has 0 atom stereocenters. The third kappa shape index (κ3) is 1.98. The molecule has 0 bridgehead atoms. The Morgan fingerprint density at radius 2 is 1.90 bits per heavy atom. The molecular formula is C15H14FNO2S. The maximum absolute atomic E-state index is 13.3. The minimum atomic E-state index is -3.62. The molecule has 1 aliphatic heterocycles.